The molecule has 0 aliphatic carbocycles. The normalized spacial score (nSPS) is 12.9. The fraction of sp³-hybridized carbons (Fsp3) is 0.226. The van der Waals surface area contributed by atoms with E-state index in [2.05, 4.69) is 25.3 Å². The Bertz CT molecular complexity index is 1710. The van der Waals surface area contributed by atoms with Gasteiger partial charge in [0.2, 0.25) is 11.8 Å². The molecule has 2 heterocycles. The second-order valence-corrected chi connectivity index (χ2v) is 9.85. The summed E-state index contributed by atoms with van der Waals surface area (Å²) in [5.41, 5.74) is 3.11. The van der Waals surface area contributed by atoms with Gasteiger partial charge in [-0.05, 0) is 36.6 Å². The molecule has 0 spiro atoms. The van der Waals surface area contributed by atoms with Crippen molar-refractivity contribution in [1.82, 2.24) is 15.5 Å². The highest BCUT2D eigenvalue weighted by Crippen LogP contribution is 2.36. The topological polar surface area (TPSA) is 173 Å². The predicted molar refractivity (Wildman–Crippen MR) is 158 cm³/mol. The molecule has 0 bridgehead atoms. The molecule has 0 saturated carbocycles. The molecule has 13 nitrogen and oxygen atoms in total. The lowest BCUT2D eigenvalue weighted by atomic mass is 9.97. The van der Waals surface area contributed by atoms with E-state index in [0.717, 1.165) is 11.1 Å². The number of nitrogens with one attached hydrogen (secondary N) is 3. The molecule has 4 aromatic rings. The molecular weight excluding hydrogens is 570 g/mol. The summed E-state index contributed by atoms with van der Waals surface area (Å²) < 4.78 is 15.1. The summed E-state index contributed by atoms with van der Waals surface area (Å²) in [5, 5.41) is 8.92. The first kappa shape index (κ1) is 29.8. The van der Waals surface area contributed by atoms with Gasteiger partial charge in [0.25, 0.3) is 5.91 Å². The number of nitrogens with zero attached hydrogens (tertiary/aromatic N) is 2. The van der Waals surface area contributed by atoms with Crippen LogP contribution in [0.5, 0.6) is 5.75 Å². The molecule has 3 aromatic carbocycles. The van der Waals surface area contributed by atoms with E-state index < -0.39 is 29.5 Å². The molecule has 3 N–H and O–H groups in total. The van der Waals surface area contributed by atoms with Crippen LogP contribution < -0.4 is 26.0 Å². The number of benzene rings is 3. The van der Waals surface area contributed by atoms with Gasteiger partial charge in [-0.1, -0.05) is 59.8 Å². The first-order valence-corrected chi connectivity index (χ1v) is 13.8. The van der Waals surface area contributed by atoms with Crippen LogP contribution in [0.15, 0.2) is 82.1 Å². The largest absolute Gasteiger partial charge is 0.481 e. The number of hydrogen-bond acceptors (Lipinski definition) is 9. The molecular formula is C31H29N5O8. The molecule has 0 radical (unpaired) electrons. The Morgan fingerprint density at radius 3 is 2.48 bits per heavy atom. The van der Waals surface area contributed by atoms with Gasteiger partial charge in [-0.3, -0.25) is 28.7 Å². The zero-order valence-electron chi connectivity index (χ0n) is 23.7. The molecule has 13 heteroatoms. The van der Waals surface area contributed by atoms with Crippen molar-refractivity contribution in [3.8, 4) is 17.1 Å². The lowest BCUT2D eigenvalue weighted by Crippen LogP contribution is -2.41. The van der Waals surface area contributed by atoms with Crippen LogP contribution in [-0.2, 0) is 36.9 Å². The molecule has 5 rings (SSSR count). The summed E-state index contributed by atoms with van der Waals surface area (Å²) in [6.45, 7) is 1.52. The maximum atomic E-state index is 13.4. The van der Waals surface area contributed by atoms with Crippen LogP contribution in [0.1, 0.15) is 18.1 Å². The molecule has 44 heavy (non-hydrogen) atoms. The van der Waals surface area contributed by atoms with Crippen molar-refractivity contribution < 1.29 is 33.2 Å². The Morgan fingerprint density at radius 1 is 1.00 bits per heavy atom. The van der Waals surface area contributed by atoms with Gasteiger partial charge in [0.05, 0.1) is 18.8 Å². The average molecular weight is 600 g/mol. The van der Waals surface area contributed by atoms with E-state index in [4.69, 9.17) is 9.47 Å². The number of H-pyrrole nitrogens is 1. The number of anilines is 2. The Hall–Kier alpha value is -5.72. The van der Waals surface area contributed by atoms with E-state index in [0.29, 0.717) is 28.5 Å². The number of ether oxygens (including phenoxy) is 2. The maximum Gasteiger partial charge on any atom is 0.439 e. The third-order valence-corrected chi connectivity index (χ3v) is 6.81. The quantitative estimate of drug-likeness (QED) is 0.173. The Balaban J connectivity index is 1.30. The number of aromatic amines is 1. The van der Waals surface area contributed by atoms with Crippen LogP contribution in [0.25, 0.3) is 11.4 Å². The fourth-order valence-corrected chi connectivity index (χ4v) is 4.64. The summed E-state index contributed by atoms with van der Waals surface area (Å²) >= 11 is 0. The molecule has 1 aromatic heterocycles. The first-order chi connectivity index (χ1) is 21.3. The smallest absolute Gasteiger partial charge is 0.439 e. The van der Waals surface area contributed by atoms with Gasteiger partial charge in [0, 0.05) is 17.3 Å². The summed E-state index contributed by atoms with van der Waals surface area (Å²) in [4.78, 5) is 66.2. The average Bonchev–Trinajstić information content (AvgIpc) is 3.47. The monoisotopic (exact) mass is 599 g/mol. The van der Waals surface area contributed by atoms with Crippen molar-refractivity contribution in [3.63, 3.8) is 0 Å². The Kier molecular flexibility index (Phi) is 9.13. The van der Waals surface area contributed by atoms with E-state index in [1.807, 2.05) is 18.2 Å². The van der Waals surface area contributed by atoms with Crippen LogP contribution in [0.2, 0.25) is 0 Å². The van der Waals surface area contributed by atoms with Gasteiger partial charge < -0.3 is 25.0 Å². The Morgan fingerprint density at radius 2 is 1.77 bits per heavy atom. The molecule has 1 unspecified atom stereocenters. The van der Waals surface area contributed by atoms with Crippen LogP contribution in [0.4, 0.5) is 11.4 Å². The molecule has 3 amide bonds. The first-order valence-electron chi connectivity index (χ1n) is 13.8. The van der Waals surface area contributed by atoms with Crippen LogP contribution >= 0.6 is 0 Å². The van der Waals surface area contributed by atoms with Crippen LogP contribution in [0.3, 0.4) is 0 Å². The third-order valence-electron chi connectivity index (χ3n) is 6.81. The highest BCUT2D eigenvalue weighted by molar-refractivity contribution is 6.07. The maximum absolute atomic E-state index is 13.4. The van der Waals surface area contributed by atoms with Gasteiger partial charge >= 0.3 is 11.7 Å². The molecule has 0 saturated heterocycles. The molecule has 226 valence electrons. The van der Waals surface area contributed by atoms with Crippen molar-refractivity contribution in [2.45, 2.75) is 19.9 Å². The lowest BCUT2D eigenvalue weighted by Gasteiger charge is -2.30. The van der Waals surface area contributed by atoms with Gasteiger partial charge in [-0.15, -0.1) is 0 Å². The van der Waals surface area contributed by atoms with Crippen LogP contribution in [0, 0.1) is 5.92 Å². The van der Waals surface area contributed by atoms with Gasteiger partial charge in [0.1, 0.15) is 18.2 Å². The summed E-state index contributed by atoms with van der Waals surface area (Å²) in [5.74, 6) is -3.16. The number of esters is 1. The van der Waals surface area contributed by atoms with E-state index in [1.54, 1.807) is 66.4 Å². The standard InChI is InChI=1S/C31H29N5O8/c1-2-42-27(38)16-32-29(39)23(14-19-6-4-3-5-7-19)30(40)33-22-12-13-24-25(15-22)43-18-26(37)36(24)17-20-8-10-21(11-9-20)28-34-31(41)44-35-28/h3-13,15,23H,2,14,16-18H2,1H3,(H,32,39)(H,33,40)(H,34,35,41). The van der Waals surface area contributed by atoms with Crippen molar-refractivity contribution in [2.75, 3.05) is 30.0 Å². The molecule has 1 aliphatic rings. The predicted octanol–water partition coefficient (Wildman–Crippen LogP) is 2.43. The summed E-state index contributed by atoms with van der Waals surface area (Å²) in [6, 6.07) is 21.0. The second-order valence-electron chi connectivity index (χ2n) is 9.85. The van der Waals surface area contributed by atoms with Gasteiger partial charge in [-0.2, -0.15) is 0 Å². The summed E-state index contributed by atoms with van der Waals surface area (Å²) in [6.07, 6.45) is 0.108. The van der Waals surface area contributed by atoms with Crippen molar-refractivity contribution in [3.05, 3.63) is 94.5 Å². The SMILES string of the molecule is CCOC(=O)CNC(=O)C(Cc1ccccc1)C(=O)Nc1ccc2c(c1)OCC(=O)N2Cc1ccc(-c2noc(=O)[nH]2)cc1. The third kappa shape index (κ3) is 7.18. The number of amides is 3. The van der Waals surface area contributed by atoms with Crippen molar-refractivity contribution >= 4 is 35.1 Å². The van der Waals surface area contributed by atoms with Crippen molar-refractivity contribution in [2.24, 2.45) is 5.92 Å². The minimum absolute atomic E-state index is 0.108. The molecule has 0 fully saturated rings. The number of fused-ring (bicyclic) bond motifs is 1. The van der Waals surface area contributed by atoms with E-state index >= 15 is 0 Å². The van der Waals surface area contributed by atoms with E-state index in [9.17, 15) is 24.0 Å². The highest BCUT2D eigenvalue weighted by atomic mass is 16.5. The number of aromatic nitrogens is 2. The minimum atomic E-state index is -1.14. The zero-order valence-corrected chi connectivity index (χ0v) is 23.7. The van der Waals surface area contributed by atoms with Crippen LogP contribution in [-0.4, -0.2) is 53.6 Å². The van der Waals surface area contributed by atoms with Gasteiger partial charge in [0.15, 0.2) is 12.4 Å². The molecule has 1 aliphatic heterocycles. The van der Waals surface area contributed by atoms with Gasteiger partial charge in [-0.25, -0.2) is 4.79 Å². The number of carbonyl (C=O) groups is 4. The minimum Gasteiger partial charge on any atom is -0.481 e. The number of rotatable bonds is 11. The van der Waals surface area contributed by atoms with E-state index in [-0.39, 0.29) is 38.6 Å². The zero-order chi connectivity index (χ0) is 31.1. The van der Waals surface area contributed by atoms with Crippen molar-refractivity contribution in [1.29, 1.82) is 0 Å². The Labute approximate surface area is 251 Å². The lowest BCUT2D eigenvalue weighted by molar-refractivity contribution is -0.144. The molecule has 1 atom stereocenters. The highest BCUT2D eigenvalue weighted by Gasteiger charge is 2.29. The number of hydrogen-bond donors (Lipinski definition) is 3. The summed E-state index contributed by atoms with van der Waals surface area (Å²) in [7, 11) is 0. The van der Waals surface area contributed by atoms with E-state index in [1.165, 1.54) is 0 Å². The fourth-order valence-electron chi connectivity index (χ4n) is 4.64. The number of carbonyl (C=O) groups excluding carboxylic acids is 4. The second kappa shape index (κ2) is 13.5.